The molecule has 1 aromatic heterocycles. The van der Waals surface area contributed by atoms with Gasteiger partial charge in [-0.25, -0.2) is 9.18 Å². The van der Waals surface area contributed by atoms with Gasteiger partial charge in [0.05, 0.1) is 25.9 Å². The first-order valence-electron chi connectivity index (χ1n) is 10.6. The van der Waals surface area contributed by atoms with Gasteiger partial charge >= 0.3 is 5.97 Å². The number of halogens is 1. The van der Waals surface area contributed by atoms with Crippen molar-refractivity contribution in [3.63, 3.8) is 0 Å². The zero-order chi connectivity index (χ0) is 22.8. The van der Waals surface area contributed by atoms with Crippen LogP contribution in [0.1, 0.15) is 36.3 Å². The maximum absolute atomic E-state index is 13.7. The molecule has 0 aliphatic carbocycles. The number of benzene rings is 2. The normalized spacial score (nSPS) is 15.4. The van der Waals surface area contributed by atoms with Crippen molar-refractivity contribution in [1.82, 2.24) is 4.98 Å². The van der Waals surface area contributed by atoms with Crippen LogP contribution in [0.3, 0.4) is 0 Å². The lowest BCUT2D eigenvalue weighted by Crippen LogP contribution is -2.42. The number of esters is 1. The van der Waals surface area contributed by atoms with Gasteiger partial charge in [-0.3, -0.25) is 4.79 Å². The topological polar surface area (TPSA) is 83.7 Å². The van der Waals surface area contributed by atoms with Gasteiger partial charge in [0.25, 0.3) is 0 Å². The number of methoxy groups -OCH3 is 1. The summed E-state index contributed by atoms with van der Waals surface area (Å²) in [7, 11) is 1.55. The first-order valence-corrected chi connectivity index (χ1v) is 10.6. The van der Waals surface area contributed by atoms with E-state index in [0.717, 1.165) is 24.1 Å². The Labute approximate surface area is 185 Å². The molecule has 1 atom stereocenters. The van der Waals surface area contributed by atoms with Crippen molar-refractivity contribution in [3.05, 3.63) is 53.5 Å². The Morgan fingerprint density at radius 1 is 1.25 bits per heavy atom. The third kappa shape index (κ3) is 4.12. The quantitative estimate of drug-likeness (QED) is 0.561. The first kappa shape index (κ1) is 21.7. The summed E-state index contributed by atoms with van der Waals surface area (Å²) < 4.78 is 24.1. The molecule has 2 aromatic carbocycles. The molecule has 4 rings (SSSR count). The minimum absolute atomic E-state index is 0.0682. The van der Waals surface area contributed by atoms with E-state index in [4.69, 9.17) is 9.47 Å². The van der Waals surface area contributed by atoms with Gasteiger partial charge in [-0.05, 0) is 68.7 Å². The molecule has 0 bridgehead atoms. The Morgan fingerprint density at radius 2 is 2.06 bits per heavy atom. The largest absolute Gasteiger partial charge is 0.497 e. The average molecular weight is 439 g/mol. The summed E-state index contributed by atoms with van der Waals surface area (Å²) in [6, 6.07) is 10.1. The summed E-state index contributed by atoms with van der Waals surface area (Å²) in [5.41, 5.74) is 2.95. The van der Waals surface area contributed by atoms with E-state index < -0.39 is 5.97 Å². The molecule has 0 fully saturated rings. The van der Waals surface area contributed by atoms with E-state index in [9.17, 15) is 14.0 Å². The summed E-state index contributed by atoms with van der Waals surface area (Å²) >= 11 is 0. The SMILES string of the molecule is CCOC(=O)c1[nH]c2ccc(OC)cc2c1NC(=O)CN1c2ccc(F)cc2CC[C@@H]1C. The first-order chi connectivity index (χ1) is 15.4. The molecule has 2 N–H and O–H groups in total. The molecule has 32 heavy (non-hydrogen) atoms. The van der Waals surface area contributed by atoms with Crippen molar-refractivity contribution in [2.24, 2.45) is 0 Å². The molecule has 7 nitrogen and oxygen atoms in total. The van der Waals surface area contributed by atoms with Crippen LogP contribution in [-0.2, 0) is 16.0 Å². The molecule has 1 aliphatic heterocycles. The Kier molecular flexibility index (Phi) is 6.03. The standard InChI is InChI=1S/C24H26FN3O4/c1-4-32-24(30)23-22(18-12-17(31-3)8-9-19(18)26-23)27-21(29)13-28-14(2)5-6-15-11-16(25)7-10-20(15)28/h7-12,14,26H,4-6,13H2,1-3H3,(H,27,29)/t14-/m0/s1. The van der Waals surface area contributed by atoms with E-state index in [1.165, 1.54) is 12.1 Å². The highest BCUT2D eigenvalue weighted by Gasteiger charge is 2.27. The molecule has 1 amide bonds. The van der Waals surface area contributed by atoms with Crippen molar-refractivity contribution < 1.29 is 23.5 Å². The maximum Gasteiger partial charge on any atom is 0.356 e. The zero-order valence-electron chi connectivity index (χ0n) is 18.3. The molecule has 168 valence electrons. The fourth-order valence-electron chi connectivity index (χ4n) is 4.15. The predicted octanol–water partition coefficient (Wildman–Crippen LogP) is 4.27. The number of hydrogen-bond acceptors (Lipinski definition) is 5. The van der Waals surface area contributed by atoms with Crippen LogP contribution in [0.2, 0.25) is 0 Å². The van der Waals surface area contributed by atoms with Crippen molar-refractivity contribution in [1.29, 1.82) is 0 Å². The third-order valence-electron chi connectivity index (χ3n) is 5.78. The van der Waals surface area contributed by atoms with Gasteiger partial charge in [0.1, 0.15) is 17.3 Å². The fourth-order valence-corrected chi connectivity index (χ4v) is 4.15. The molecule has 0 saturated heterocycles. The van der Waals surface area contributed by atoms with Crippen LogP contribution in [0.5, 0.6) is 5.75 Å². The second-order valence-electron chi connectivity index (χ2n) is 7.84. The molecule has 0 radical (unpaired) electrons. The van der Waals surface area contributed by atoms with Gasteiger partial charge in [-0.2, -0.15) is 0 Å². The summed E-state index contributed by atoms with van der Waals surface area (Å²) in [6.45, 7) is 4.04. The molecule has 0 unspecified atom stereocenters. The lowest BCUT2D eigenvalue weighted by Gasteiger charge is -2.36. The van der Waals surface area contributed by atoms with Crippen molar-refractivity contribution in [2.75, 3.05) is 30.5 Å². The van der Waals surface area contributed by atoms with Gasteiger partial charge in [0.2, 0.25) is 5.91 Å². The molecule has 1 aliphatic rings. The van der Waals surface area contributed by atoms with Crippen LogP contribution in [0.4, 0.5) is 15.8 Å². The Hall–Kier alpha value is -3.55. The number of aromatic amines is 1. The van der Waals surface area contributed by atoms with Crippen LogP contribution in [0, 0.1) is 5.82 Å². The second-order valence-corrected chi connectivity index (χ2v) is 7.84. The van der Waals surface area contributed by atoms with E-state index in [1.54, 1.807) is 38.3 Å². The molecular weight excluding hydrogens is 413 g/mol. The van der Waals surface area contributed by atoms with Crippen LogP contribution in [-0.4, -0.2) is 43.2 Å². The van der Waals surface area contributed by atoms with Crippen molar-refractivity contribution >= 4 is 34.2 Å². The molecule has 0 spiro atoms. The molecule has 3 aromatic rings. The minimum atomic E-state index is -0.551. The monoisotopic (exact) mass is 439 g/mol. The lowest BCUT2D eigenvalue weighted by atomic mass is 9.96. The number of carbonyl (C=O) groups is 2. The molecular formula is C24H26FN3O4. The van der Waals surface area contributed by atoms with Crippen LogP contribution in [0.25, 0.3) is 10.9 Å². The Morgan fingerprint density at radius 3 is 2.81 bits per heavy atom. The fraction of sp³-hybridized carbons (Fsp3) is 0.333. The van der Waals surface area contributed by atoms with E-state index in [1.807, 2.05) is 11.8 Å². The Bertz CT molecular complexity index is 1170. The number of hydrogen-bond donors (Lipinski definition) is 2. The van der Waals surface area contributed by atoms with Crippen LogP contribution < -0.4 is 15.0 Å². The number of amides is 1. The number of anilines is 2. The summed E-state index contributed by atoms with van der Waals surface area (Å²) in [5, 5.41) is 3.54. The smallest absolute Gasteiger partial charge is 0.356 e. The van der Waals surface area contributed by atoms with E-state index in [-0.39, 0.29) is 36.6 Å². The van der Waals surface area contributed by atoms with Gasteiger partial charge < -0.3 is 24.7 Å². The Balaban J connectivity index is 1.65. The van der Waals surface area contributed by atoms with E-state index in [2.05, 4.69) is 10.3 Å². The van der Waals surface area contributed by atoms with Crippen LogP contribution in [0.15, 0.2) is 36.4 Å². The van der Waals surface area contributed by atoms with E-state index in [0.29, 0.717) is 22.3 Å². The maximum atomic E-state index is 13.7. The summed E-state index contributed by atoms with van der Waals surface area (Å²) in [4.78, 5) is 30.6. The lowest BCUT2D eigenvalue weighted by molar-refractivity contribution is -0.115. The average Bonchev–Trinajstić information content (AvgIpc) is 3.13. The van der Waals surface area contributed by atoms with Crippen molar-refractivity contribution in [2.45, 2.75) is 32.7 Å². The number of ether oxygens (including phenoxy) is 2. The summed E-state index contributed by atoms with van der Waals surface area (Å²) in [6.07, 6.45) is 1.59. The zero-order valence-corrected chi connectivity index (χ0v) is 18.3. The van der Waals surface area contributed by atoms with Gasteiger partial charge in [0.15, 0.2) is 0 Å². The number of H-pyrrole nitrogens is 1. The number of nitrogens with one attached hydrogen (secondary N) is 2. The molecule has 0 saturated carbocycles. The number of aromatic nitrogens is 1. The number of nitrogens with zero attached hydrogens (tertiary/aromatic N) is 1. The number of carbonyl (C=O) groups excluding carboxylic acids is 2. The minimum Gasteiger partial charge on any atom is -0.497 e. The number of rotatable bonds is 6. The van der Waals surface area contributed by atoms with Crippen LogP contribution >= 0.6 is 0 Å². The predicted molar refractivity (Wildman–Crippen MR) is 121 cm³/mol. The van der Waals surface area contributed by atoms with Gasteiger partial charge in [-0.15, -0.1) is 0 Å². The number of aryl methyl sites for hydroxylation is 1. The van der Waals surface area contributed by atoms with E-state index >= 15 is 0 Å². The molecule has 2 heterocycles. The molecule has 8 heteroatoms. The van der Waals surface area contributed by atoms with Crippen molar-refractivity contribution in [3.8, 4) is 5.75 Å². The highest BCUT2D eigenvalue weighted by atomic mass is 19.1. The second kappa shape index (κ2) is 8.90. The number of fused-ring (bicyclic) bond motifs is 2. The summed E-state index contributed by atoms with van der Waals surface area (Å²) in [5.74, 6) is -0.522. The van der Waals surface area contributed by atoms with Gasteiger partial charge in [-0.1, -0.05) is 0 Å². The van der Waals surface area contributed by atoms with Gasteiger partial charge in [0, 0.05) is 22.6 Å². The highest BCUT2D eigenvalue weighted by Crippen LogP contribution is 2.33. The third-order valence-corrected chi connectivity index (χ3v) is 5.78. The highest BCUT2D eigenvalue weighted by molar-refractivity contribution is 6.11.